The van der Waals surface area contributed by atoms with Crippen LogP contribution in [0, 0.1) is 17.3 Å². The second-order valence-electron chi connectivity index (χ2n) is 11.3. The van der Waals surface area contributed by atoms with Crippen molar-refractivity contribution in [2.75, 3.05) is 0 Å². The molecule has 2 unspecified atom stereocenters. The van der Waals surface area contributed by atoms with Crippen molar-refractivity contribution in [3.05, 3.63) is 59.2 Å². The lowest BCUT2D eigenvalue weighted by atomic mass is 9.55. The van der Waals surface area contributed by atoms with Crippen molar-refractivity contribution < 1.29 is 34.9 Å². The van der Waals surface area contributed by atoms with Crippen LogP contribution >= 0.6 is 0 Å². The number of carbonyl (C=O) groups is 2. The molecule has 2 aromatic carbocycles. The maximum absolute atomic E-state index is 12.6. The first-order valence-corrected chi connectivity index (χ1v) is 13.3. The van der Waals surface area contributed by atoms with Crippen molar-refractivity contribution in [1.29, 1.82) is 0 Å². The van der Waals surface area contributed by atoms with Gasteiger partial charge >= 0.3 is 11.9 Å². The van der Waals surface area contributed by atoms with Crippen molar-refractivity contribution in [2.45, 2.75) is 75.9 Å². The number of fused-ring (bicyclic) bond motifs is 5. The largest absolute Gasteiger partial charge is 0.508 e. The number of aliphatic hydroxyl groups excluding tert-OH is 1. The number of benzene rings is 2. The Morgan fingerprint density at radius 2 is 1.76 bits per heavy atom. The predicted molar refractivity (Wildman–Crippen MR) is 136 cm³/mol. The maximum Gasteiger partial charge on any atom is 0.337 e. The van der Waals surface area contributed by atoms with Crippen LogP contribution in [0.5, 0.6) is 11.5 Å². The molecule has 38 heavy (non-hydrogen) atoms. The monoisotopic (exact) mass is 522 g/mol. The average Bonchev–Trinajstić information content (AvgIpc) is 3.18. The zero-order chi connectivity index (χ0) is 27.0. The van der Waals surface area contributed by atoms with Gasteiger partial charge < -0.3 is 25.3 Å². The fourth-order valence-electron chi connectivity index (χ4n) is 7.29. The highest BCUT2D eigenvalue weighted by atomic mass is 16.7. The minimum absolute atomic E-state index is 0.0469. The fraction of sp³-hybridized carbons (Fsp3) is 0.517. The maximum atomic E-state index is 12.6. The fourth-order valence-corrected chi connectivity index (χ4v) is 7.29. The van der Waals surface area contributed by atoms with E-state index in [1.54, 1.807) is 24.3 Å². The lowest BCUT2D eigenvalue weighted by Gasteiger charge is -2.50. The summed E-state index contributed by atoms with van der Waals surface area (Å²) in [6.45, 7) is 2.19. The lowest BCUT2D eigenvalue weighted by molar-refractivity contribution is -0.145. The van der Waals surface area contributed by atoms with Crippen LogP contribution in [0.2, 0.25) is 0 Å². The number of phenolic OH excluding ortho intramolecular Hbond substituents is 2. The lowest BCUT2D eigenvalue weighted by Crippen LogP contribution is -2.44. The standard InChI is InChI=1S/C29H34N2O7/c1-29-11-10-21-20-7-6-19(33)14-23(20)25(15-22(21)24(29)8-9-26(29)34)30-31-38-28(37)13-17(12-27(35)36)16-2-4-18(32)5-3-16/h2-7,14,17,21-22,24-26,32-34H,8-13,15H2,1H3,(H,35,36)/t17?,21-,22-,24+,25?,26+,29+/m1/s1. The van der Waals surface area contributed by atoms with Gasteiger partial charge in [0.25, 0.3) is 0 Å². The number of rotatable bonds is 7. The molecule has 7 atom stereocenters. The van der Waals surface area contributed by atoms with Crippen molar-refractivity contribution in [3.63, 3.8) is 0 Å². The van der Waals surface area contributed by atoms with Crippen LogP contribution in [0.3, 0.4) is 0 Å². The molecule has 0 amide bonds. The first-order valence-electron chi connectivity index (χ1n) is 13.3. The molecule has 202 valence electrons. The molecule has 3 aliphatic carbocycles. The zero-order valence-electron chi connectivity index (χ0n) is 21.4. The Morgan fingerprint density at radius 1 is 1.03 bits per heavy atom. The van der Waals surface area contributed by atoms with Gasteiger partial charge in [0.1, 0.15) is 17.5 Å². The van der Waals surface area contributed by atoms with Gasteiger partial charge in [0, 0.05) is 11.2 Å². The van der Waals surface area contributed by atoms with Gasteiger partial charge in [-0.15, -0.1) is 5.11 Å². The molecule has 0 spiro atoms. The number of hydrogen-bond donors (Lipinski definition) is 4. The van der Waals surface area contributed by atoms with E-state index in [2.05, 4.69) is 17.3 Å². The predicted octanol–water partition coefficient (Wildman–Crippen LogP) is 5.37. The summed E-state index contributed by atoms with van der Waals surface area (Å²) in [5, 5.41) is 47.8. The third kappa shape index (κ3) is 4.99. The molecule has 9 heteroatoms. The smallest absolute Gasteiger partial charge is 0.337 e. The van der Waals surface area contributed by atoms with Gasteiger partial charge in [-0.05, 0) is 96.2 Å². The number of carboxylic acids is 1. The Balaban J connectivity index is 1.32. The number of phenols is 2. The van der Waals surface area contributed by atoms with Crippen LogP contribution in [0.15, 0.2) is 52.9 Å². The van der Waals surface area contributed by atoms with Gasteiger partial charge in [0.15, 0.2) is 0 Å². The van der Waals surface area contributed by atoms with Gasteiger partial charge in [-0.3, -0.25) is 4.79 Å². The first kappa shape index (κ1) is 26.2. The van der Waals surface area contributed by atoms with Gasteiger partial charge in [-0.25, -0.2) is 4.79 Å². The van der Waals surface area contributed by atoms with Gasteiger partial charge in [-0.1, -0.05) is 25.1 Å². The normalized spacial score (nSPS) is 30.7. The molecule has 2 saturated carbocycles. The molecule has 0 radical (unpaired) electrons. The van der Waals surface area contributed by atoms with Gasteiger partial charge in [0.2, 0.25) is 0 Å². The van der Waals surface area contributed by atoms with Crippen LogP contribution < -0.4 is 0 Å². The summed E-state index contributed by atoms with van der Waals surface area (Å²) in [5.41, 5.74) is 2.49. The van der Waals surface area contributed by atoms with Crippen molar-refractivity contribution >= 4 is 11.9 Å². The quantitative estimate of drug-likeness (QED) is 0.282. The number of carboxylic acid groups (broad SMARTS) is 1. The summed E-state index contributed by atoms with van der Waals surface area (Å²) in [6.07, 6.45) is 3.59. The Hall–Kier alpha value is -3.46. The molecule has 9 nitrogen and oxygen atoms in total. The summed E-state index contributed by atoms with van der Waals surface area (Å²) in [4.78, 5) is 29.0. The SMILES string of the molecule is C[C@]12CC[C@@H]3c4ccc(O)cc4C(N=NOC(=O)CC(CC(=O)O)c4ccc(O)cc4)C[C@H]3[C@@H]1CC[C@@H]2O. The van der Waals surface area contributed by atoms with E-state index >= 15 is 0 Å². The zero-order valence-corrected chi connectivity index (χ0v) is 21.4. The van der Waals surface area contributed by atoms with E-state index in [0.717, 1.165) is 36.8 Å². The molecule has 0 saturated heterocycles. The second kappa shape index (κ2) is 10.4. The van der Waals surface area contributed by atoms with Crippen molar-refractivity contribution in [3.8, 4) is 11.5 Å². The minimum atomic E-state index is -1.05. The van der Waals surface area contributed by atoms with E-state index < -0.39 is 23.9 Å². The molecule has 3 aliphatic rings. The molecule has 0 bridgehead atoms. The van der Waals surface area contributed by atoms with Crippen molar-refractivity contribution in [2.24, 2.45) is 27.6 Å². The summed E-state index contributed by atoms with van der Waals surface area (Å²) < 4.78 is 0. The molecular weight excluding hydrogens is 488 g/mol. The van der Waals surface area contributed by atoms with Gasteiger partial charge in [-0.2, -0.15) is 0 Å². The molecule has 0 heterocycles. The van der Waals surface area contributed by atoms with Crippen LogP contribution in [0.25, 0.3) is 0 Å². The van der Waals surface area contributed by atoms with Crippen LogP contribution in [-0.2, 0) is 14.4 Å². The van der Waals surface area contributed by atoms with E-state index in [1.807, 2.05) is 6.07 Å². The molecule has 0 aliphatic heterocycles. The number of aliphatic carboxylic acids is 1. The molecule has 0 aromatic heterocycles. The highest BCUT2D eigenvalue weighted by Crippen LogP contribution is 2.62. The number of aliphatic hydroxyl groups is 1. The van der Waals surface area contributed by atoms with E-state index in [1.165, 1.54) is 12.1 Å². The summed E-state index contributed by atoms with van der Waals surface area (Å²) in [6, 6.07) is 11.0. The molecule has 2 aromatic rings. The van der Waals surface area contributed by atoms with E-state index in [9.17, 15) is 30.0 Å². The highest BCUT2D eigenvalue weighted by Gasteiger charge is 2.55. The van der Waals surface area contributed by atoms with Crippen LogP contribution in [0.1, 0.15) is 86.4 Å². The number of carbonyl (C=O) groups excluding carboxylic acids is 1. The minimum Gasteiger partial charge on any atom is -0.508 e. The second-order valence-corrected chi connectivity index (χ2v) is 11.3. The van der Waals surface area contributed by atoms with Gasteiger partial charge in [0.05, 0.1) is 18.9 Å². The summed E-state index contributed by atoms with van der Waals surface area (Å²) >= 11 is 0. The number of aromatic hydroxyl groups is 2. The van der Waals surface area contributed by atoms with E-state index in [0.29, 0.717) is 29.7 Å². The molecule has 5 rings (SSSR count). The molecular formula is C29H34N2O7. The Labute approximate surface area is 221 Å². The van der Waals surface area contributed by atoms with E-state index in [4.69, 9.17) is 4.84 Å². The number of hydrogen-bond acceptors (Lipinski definition) is 8. The van der Waals surface area contributed by atoms with E-state index in [-0.39, 0.29) is 35.9 Å². The first-order chi connectivity index (χ1) is 18.2. The highest BCUT2D eigenvalue weighted by molar-refractivity contribution is 5.73. The Kier molecular flexibility index (Phi) is 7.13. The molecule has 2 fully saturated rings. The summed E-state index contributed by atoms with van der Waals surface area (Å²) in [5.74, 6) is -1.23. The Bertz CT molecular complexity index is 1230. The van der Waals surface area contributed by atoms with Crippen molar-refractivity contribution in [1.82, 2.24) is 0 Å². The number of nitrogens with zero attached hydrogens (tertiary/aromatic N) is 2. The third-order valence-electron chi connectivity index (χ3n) is 9.24. The summed E-state index contributed by atoms with van der Waals surface area (Å²) in [7, 11) is 0. The topological polar surface area (TPSA) is 149 Å². The Morgan fingerprint density at radius 3 is 2.50 bits per heavy atom. The average molecular weight is 523 g/mol. The molecule has 4 N–H and O–H groups in total. The third-order valence-corrected chi connectivity index (χ3v) is 9.24. The van der Waals surface area contributed by atoms with Crippen LogP contribution in [-0.4, -0.2) is 38.5 Å². The van der Waals surface area contributed by atoms with Crippen LogP contribution in [0.4, 0.5) is 0 Å².